The van der Waals surface area contributed by atoms with E-state index in [-0.39, 0.29) is 36.3 Å². The number of methoxy groups -OCH3 is 1. The summed E-state index contributed by atoms with van der Waals surface area (Å²) in [6, 6.07) is 14.1. The van der Waals surface area contributed by atoms with Crippen LogP contribution in [0, 0.1) is 5.92 Å². The summed E-state index contributed by atoms with van der Waals surface area (Å²) < 4.78 is 11.0. The van der Waals surface area contributed by atoms with E-state index in [9.17, 15) is 14.7 Å². The van der Waals surface area contributed by atoms with E-state index in [1.165, 1.54) is 4.90 Å². The number of carbonyl (C=O) groups is 2. The Hall–Kier alpha value is -3.28. The Morgan fingerprint density at radius 2 is 1.75 bits per heavy atom. The van der Waals surface area contributed by atoms with Gasteiger partial charge in [0.25, 0.3) is 5.91 Å². The number of ketones is 1. The summed E-state index contributed by atoms with van der Waals surface area (Å²) in [7, 11) is 1.58. The molecule has 1 unspecified atom stereocenters. The second-order valence-corrected chi connectivity index (χ2v) is 8.71. The van der Waals surface area contributed by atoms with Crippen LogP contribution in [-0.2, 0) is 16.1 Å². The summed E-state index contributed by atoms with van der Waals surface area (Å²) in [6.45, 7) is 8.00. The van der Waals surface area contributed by atoms with Gasteiger partial charge < -0.3 is 19.5 Å². The monoisotopic (exact) mass is 437 g/mol. The van der Waals surface area contributed by atoms with Gasteiger partial charge in [-0.05, 0) is 55.2 Å². The van der Waals surface area contributed by atoms with Gasteiger partial charge in [0.15, 0.2) is 11.5 Å². The normalized spacial score (nSPS) is 16.3. The highest BCUT2D eigenvalue weighted by Gasteiger charge is 2.43. The Kier molecular flexibility index (Phi) is 7.23. The van der Waals surface area contributed by atoms with Crippen molar-refractivity contribution in [2.75, 3.05) is 7.11 Å². The molecule has 0 aromatic heterocycles. The number of Topliss-reactive ketones (excluding diaryl/α,β-unsaturated/α-hetero) is 1. The molecule has 6 heteroatoms. The molecule has 0 saturated heterocycles. The zero-order valence-corrected chi connectivity index (χ0v) is 19.3. The van der Waals surface area contributed by atoms with E-state index in [1.54, 1.807) is 7.11 Å². The number of hydrogen-bond donors (Lipinski definition) is 1. The Balaban J connectivity index is 2.01. The summed E-state index contributed by atoms with van der Waals surface area (Å²) in [4.78, 5) is 27.7. The van der Waals surface area contributed by atoms with Crippen LogP contribution >= 0.6 is 0 Å². The molecule has 0 saturated carbocycles. The molecule has 1 atom stereocenters. The van der Waals surface area contributed by atoms with E-state index in [2.05, 4.69) is 0 Å². The maximum Gasteiger partial charge on any atom is 0.290 e. The van der Waals surface area contributed by atoms with Gasteiger partial charge in [-0.15, -0.1) is 0 Å². The van der Waals surface area contributed by atoms with Crippen molar-refractivity contribution < 1.29 is 24.2 Å². The van der Waals surface area contributed by atoms with E-state index in [0.717, 1.165) is 11.1 Å². The summed E-state index contributed by atoms with van der Waals surface area (Å²) >= 11 is 0. The molecule has 0 spiro atoms. The van der Waals surface area contributed by atoms with Crippen molar-refractivity contribution in [3.05, 3.63) is 71.0 Å². The first-order valence-corrected chi connectivity index (χ1v) is 10.9. The molecule has 1 amide bonds. The molecule has 0 radical (unpaired) electrons. The lowest BCUT2D eigenvalue weighted by atomic mass is 9.92. The predicted octanol–water partition coefficient (Wildman–Crippen LogP) is 4.99. The summed E-state index contributed by atoms with van der Waals surface area (Å²) in [5, 5.41) is 10.7. The summed E-state index contributed by atoms with van der Waals surface area (Å²) in [5.41, 5.74) is 1.74. The van der Waals surface area contributed by atoms with Gasteiger partial charge in [0.05, 0.1) is 24.8 Å². The predicted molar refractivity (Wildman–Crippen MR) is 123 cm³/mol. The highest BCUT2D eigenvalue weighted by molar-refractivity contribution is 6.09. The van der Waals surface area contributed by atoms with Crippen molar-refractivity contribution >= 4 is 11.7 Å². The summed E-state index contributed by atoms with van der Waals surface area (Å²) in [5.74, 6) is 0.252. The molecule has 1 aliphatic heterocycles. The Labute approximate surface area is 189 Å². The Bertz CT molecular complexity index is 1010. The Morgan fingerprint density at radius 3 is 2.34 bits per heavy atom. The zero-order chi connectivity index (χ0) is 23.4. The van der Waals surface area contributed by atoms with E-state index >= 15 is 0 Å². The van der Waals surface area contributed by atoms with Gasteiger partial charge in [-0.1, -0.05) is 38.1 Å². The third-order valence-electron chi connectivity index (χ3n) is 5.25. The van der Waals surface area contributed by atoms with Crippen LogP contribution in [0.15, 0.2) is 59.9 Å². The number of aliphatic hydroxyl groups excluding tert-OH is 1. The minimum atomic E-state index is -0.673. The number of benzene rings is 2. The molecule has 2 aromatic carbocycles. The minimum absolute atomic E-state index is 0.0330. The van der Waals surface area contributed by atoms with E-state index in [4.69, 9.17) is 9.47 Å². The highest BCUT2D eigenvalue weighted by atomic mass is 16.5. The van der Waals surface area contributed by atoms with Crippen LogP contribution in [0.5, 0.6) is 11.5 Å². The first kappa shape index (κ1) is 23.4. The van der Waals surface area contributed by atoms with Crippen molar-refractivity contribution in [1.82, 2.24) is 4.90 Å². The average molecular weight is 438 g/mol. The lowest BCUT2D eigenvalue weighted by molar-refractivity contribution is -0.130. The number of carbonyl (C=O) groups excluding carboxylic acids is 2. The third kappa shape index (κ3) is 5.13. The fraction of sp³-hybridized carbons (Fsp3) is 0.385. The largest absolute Gasteiger partial charge is 0.503 e. The van der Waals surface area contributed by atoms with Gasteiger partial charge in [0, 0.05) is 13.0 Å². The van der Waals surface area contributed by atoms with Crippen molar-refractivity contribution in [3.63, 3.8) is 0 Å². The average Bonchev–Trinajstić information content (AvgIpc) is 2.98. The Morgan fingerprint density at radius 1 is 1.06 bits per heavy atom. The van der Waals surface area contributed by atoms with Gasteiger partial charge in [0.1, 0.15) is 11.5 Å². The fourth-order valence-electron chi connectivity index (χ4n) is 3.90. The van der Waals surface area contributed by atoms with Gasteiger partial charge in [0.2, 0.25) is 0 Å². The molecule has 170 valence electrons. The van der Waals surface area contributed by atoms with Crippen LogP contribution in [0.1, 0.15) is 51.3 Å². The number of nitrogens with zero attached hydrogens (tertiary/aromatic N) is 1. The van der Waals surface area contributed by atoms with Crippen molar-refractivity contribution in [2.24, 2.45) is 5.92 Å². The lowest BCUT2D eigenvalue weighted by Gasteiger charge is -2.27. The van der Waals surface area contributed by atoms with Gasteiger partial charge in [-0.2, -0.15) is 0 Å². The molecule has 2 aromatic rings. The molecule has 1 N–H and O–H groups in total. The zero-order valence-electron chi connectivity index (χ0n) is 19.3. The smallest absolute Gasteiger partial charge is 0.290 e. The number of amides is 1. The van der Waals surface area contributed by atoms with Crippen LogP contribution < -0.4 is 9.47 Å². The molecule has 3 rings (SSSR count). The first-order chi connectivity index (χ1) is 15.2. The third-order valence-corrected chi connectivity index (χ3v) is 5.25. The minimum Gasteiger partial charge on any atom is -0.503 e. The number of ether oxygens (including phenoxy) is 2. The molecular formula is C26H31NO5. The van der Waals surface area contributed by atoms with E-state index in [0.29, 0.717) is 11.5 Å². The number of aliphatic hydroxyl groups is 1. The van der Waals surface area contributed by atoms with Crippen LogP contribution in [0.4, 0.5) is 0 Å². The number of hydrogen-bond acceptors (Lipinski definition) is 5. The van der Waals surface area contributed by atoms with Crippen LogP contribution in [0.25, 0.3) is 0 Å². The quantitative estimate of drug-likeness (QED) is 0.598. The van der Waals surface area contributed by atoms with E-state index in [1.807, 2.05) is 76.2 Å². The highest BCUT2D eigenvalue weighted by Crippen LogP contribution is 2.40. The molecular weight excluding hydrogens is 406 g/mol. The SMILES string of the molecule is COc1cccc(CN2C(=O)C(O)=C(C(=O)CC(C)C)C2c2ccc(OC(C)C)cc2)c1. The molecule has 32 heavy (non-hydrogen) atoms. The van der Waals surface area contributed by atoms with Crippen LogP contribution in [0.2, 0.25) is 0 Å². The van der Waals surface area contributed by atoms with Crippen LogP contribution in [0.3, 0.4) is 0 Å². The first-order valence-electron chi connectivity index (χ1n) is 10.9. The second kappa shape index (κ2) is 9.90. The molecule has 0 aliphatic carbocycles. The van der Waals surface area contributed by atoms with Gasteiger partial charge >= 0.3 is 0 Å². The molecule has 0 bridgehead atoms. The maximum atomic E-state index is 13.1. The van der Waals surface area contributed by atoms with Crippen LogP contribution in [-0.4, -0.2) is 34.9 Å². The van der Waals surface area contributed by atoms with Crippen molar-refractivity contribution in [2.45, 2.75) is 52.8 Å². The maximum absolute atomic E-state index is 13.1. The molecule has 1 aliphatic rings. The topological polar surface area (TPSA) is 76.1 Å². The van der Waals surface area contributed by atoms with Gasteiger partial charge in [-0.3, -0.25) is 9.59 Å². The standard InChI is InChI=1S/C26H31NO5/c1-16(2)13-22(28)23-24(19-9-11-20(12-10-19)32-17(3)4)27(26(30)25(23)29)15-18-7-6-8-21(14-18)31-5/h6-12,14,16-17,24,29H,13,15H2,1-5H3. The lowest BCUT2D eigenvalue weighted by Crippen LogP contribution is -2.30. The number of rotatable bonds is 9. The van der Waals surface area contributed by atoms with E-state index < -0.39 is 17.7 Å². The van der Waals surface area contributed by atoms with Crippen molar-refractivity contribution in [3.8, 4) is 11.5 Å². The molecule has 6 nitrogen and oxygen atoms in total. The molecule has 1 heterocycles. The second-order valence-electron chi connectivity index (χ2n) is 8.71. The fourth-order valence-corrected chi connectivity index (χ4v) is 3.90. The summed E-state index contributed by atoms with van der Waals surface area (Å²) in [6.07, 6.45) is 0.288. The van der Waals surface area contributed by atoms with Gasteiger partial charge in [-0.25, -0.2) is 0 Å². The molecule has 0 fully saturated rings. The van der Waals surface area contributed by atoms with Crippen molar-refractivity contribution in [1.29, 1.82) is 0 Å².